The molecule has 0 saturated carbocycles. The van der Waals surface area contributed by atoms with Crippen molar-refractivity contribution in [2.24, 2.45) is 5.10 Å². The molecule has 21 heavy (non-hydrogen) atoms. The molecule has 1 aromatic rings. The van der Waals surface area contributed by atoms with Crippen LogP contribution in [0.2, 0.25) is 0 Å². The highest BCUT2D eigenvalue weighted by Gasteiger charge is 2.33. The summed E-state index contributed by atoms with van der Waals surface area (Å²) >= 11 is 3.47. The van der Waals surface area contributed by atoms with Crippen LogP contribution in [-0.2, 0) is 9.59 Å². The third kappa shape index (κ3) is 3.00. The standard InChI is InChI=1S/C15H16BrN3O2/c16-11-4-1-3-10(9-11)13-5-2-8-19(13)15(21)12-6-7-14(20)18-17-12/h1,3-4,9,13H,2,5-8H2,(H,18,20). The zero-order chi connectivity index (χ0) is 14.8. The minimum atomic E-state index is -0.128. The largest absolute Gasteiger partial charge is 0.331 e. The number of halogens is 1. The Morgan fingerprint density at radius 2 is 2.24 bits per heavy atom. The molecule has 1 unspecified atom stereocenters. The van der Waals surface area contributed by atoms with E-state index < -0.39 is 0 Å². The molecular weight excluding hydrogens is 334 g/mol. The maximum atomic E-state index is 12.6. The van der Waals surface area contributed by atoms with Crippen molar-refractivity contribution in [3.05, 3.63) is 34.3 Å². The highest BCUT2D eigenvalue weighted by Crippen LogP contribution is 2.33. The molecule has 0 aromatic heterocycles. The van der Waals surface area contributed by atoms with Crippen LogP contribution in [0, 0.1) is 0 Å². The van der Waals surface area contributed by atoms with E-state index in [2.05, 4.69) is 32.5 Å². The molecule has 0 radical (unpaired) electrons. The Hall–Kier alpha value is -1.69. The number of carbonyl (C=O) groups excluding carboxylic acids is 2. The van der Waals surface area contributed by atoms with Gasteiger partial charge < -0.3 is 4.90 Å². The molecule has 1 saturated heterocycles. The van der Waals surface area contributed by atoms with Gasteiger partial charge in [0.1, 0.15) is 5.71 Å². The number of hydrogen-bond acceptors (Lipinski definition) is 3. The van der Waals surface area contributed by atoms with Gasteiger partial charge in [-0.3, -0.25) is 9.59 Å². The van der Waals surface area contributed by atoms with Gasteiger partial charge in [0.25, 0.3) is 5.91 Å². The minimum absolute atomic E-state index is 0.0579. The second-order valence-corrected chi connectivity index (χ2v) is 6.22. The van der Waals surface area contributed by atoms with Crippen LogP contribution < -0.4 is 5.43 Å². The van der Waals surface area contributed by atoms with E-state index in [1.54, 1.807) is 0 Å². The van der Waals surface area contributed by atoms with E-state index >= 15 is 0 Å². The molecule has 5 nitrogen and oxygen atoms in total. The predicted molar refractivity (Wildman–Crippen MR) is 82.6 cm³/mol. The zero-order valence-corrected chi connectivity index (χ0v) is 13.1. The van der Waals surface area contributed by atoms with Crippen molar-refractivity contribution >= 4 is 33.5 Å². The van der Waals surface area contributed by atoms with Crippen LogP contribution in [0.4, 0.5) is 0 Å². The Balaban J connectivity index is 1.81. The van der Waals surface area contributed by atoms with E-state index in [0.717, 1.165) is 29.4 Å². The second kappa shape index (κ2) is 5.97. The minimum Gasteiger partial charge on any atom is -0.331 e. The molecule has 3 rings (SSSR count). The lowest BCUT2D eigenvalue weighted by molar-refractivity contribution is -0.125. The van der Waals surface area contributed by atoms with Gasteiger partial charge in [0, 0.05) is 23.9 Å². The lowest BCUT2D eigenvalue weighted by Crippen LogP contribution is -2.39. The van der Waals surface area contributed by atoms with Gasteiger partial charge in [-0.25, -0.2) is 5.43 Å². The number of hydrazone groups is 1. The van der Waals surface area contributed by atoms with Crippen molar-refractivity contribution in [2.45, 2.75) is 31.7 Å². The summed E-state index contributed by atoms with van der Waals surface area (Å²) in [4.78, 5) is 25.6. The number of benzene rings is 1. The molecule has 1 N–H and O–H groups in total. The average molecular weight is 350 g/mol. The van der Waals surface area contributed by atoms with E-state index in [-0.39, 0.29) is 17.9 Å². The summed E-state index contributed by atoms with van der Waals surface area (Å²) in [6.07, 6.45) is 2.71. The first kappa shape index (κ1) is 14.3. The van der Waals surface area contributed by atoms with E-state index in [4.69, 9.17) is 0 Å². The maximum absolute atomic E-state index is 12.6. The van der Waals surface area contributed by atoms with E-state index in [0.29, 0.717) is 18.6 Å². The topological polar surface area (TPSA) is 61.8 Å². The fourth-order valence-electron chi connectivity index (χ4n) is 2.86. The fourth-order valence-corrected chi connectivity index (χ4v) is 3.28. The third-order valence-corrected chi connectivity index (χ3v) is 4.39. The van der Waals surface area contributed by atoms with E-state index in [1.807, 2.05) is 23.1 Å². The van der Waals surface area contributed by atoms with Gasteiger partial charge in [-0.2, -0.15) is 5.10 Å². The van der Waals surface area contributed by atoms with Crippen molar-refractivity contribution in [3.63, 3.8) is 0 Å². The van der Waals surface area contributed by atoms with E-state index in [9.17, 15) is 9.59 Å². The number of nitrogens with one attached hydrogen (secondary N) is 1. The molecule has 0 aliphatic carbocycles. The van der Waals surface area contributed by atoms with Crippen LogP contribution in [0.5, 0.6) is 0 Å². The zero-order valence-electron chi connectivity index (χ0n) is 11.5. The molecule has 2 amide bonds. The molecule has 2 aliphatic rings. The normalized spacial score (nSPS) is 22.0. The molecule has 0 spiro atoms. The Bertz CT molecular complexity index is 615. The summed E-state index contributed by atoms with van der Waals surface area (Å²) in [6, 6.07) is 8.16. The van der Waals surface area contributed by atoms with Crippen molar-refractivity contribution in [2.75, 3.05) is 6.54 Å². The molecule has 6 heteroatoms. The molecule has 2 aliphatic heterocycles. The molecule has 2 heterocycles. The van der Waals surface area contributed by atoms with Gasteiger partial charge in [-0.1, -0.05) is 28.1 Å². The van der Waals surface area contributed by atoms with Crippen LogP contribution in [0.3, 0.4) is 0 Å². The first-order chi connectivity index (χ1) is 10.1. The first-order valence-corrected chi connectivity index (χ1v) is 7.86. The lowest BCUT2D eigenvalue weighted by atomic mass is 10.0. The summed E-state index contributed by atoms with van der Waals surface area (Å²) in [6.45, 7) is 0.739. The van der Waals surface area contributed by atoms with Crippen molar-refractivity contribution in [1.29, 1.82) is 0 Å². The van der Waals surface area contributed by atoms with Gasteiger partial charge in [0.05, 0.1) is 6.04 Å². The van der Waals surface area contributed by atoms with Gasteiger partial charge in [0.2, 0.25) is 5.91 Å². The Morgan fingerprint density at radius 3 is 2.95 bits per heavy atom. The van der Waals surface area contributed by atoms with Crippen molar-refractivity contribution in [1.82, 2.24) is 10.3 Å². The summed E-state index contributed by atoms with van der Waals surface area (Å²) in [5, 5.41) is 3.92. The van der Waals surface area contributed by atoms with Crippen LogP contribution in [0.1, 0.15) is 37.3 Å². The predicted octanol–water partition coefficient (Wildman–Crippen LogP) is 2.38. The number of nitrogens with zero attached hydrogens (tertiary/aromatic N) is 2. The lowest BCUT2D eigenvalue weighted by Gasteiger charge is -2.26. The van der Waals surface area contributed by atoms with Gasteiger partial charge in [0.15, 0.2) is 0 Å². The molecule has 1 atom stereocenters. The van der Waals surface area contributed by atoms with Crippen molar-refractivity contribution < 1.29 is 9.59 Å². The summed E-state index contributed by atoms with van der Waals surface area (Å²) in [5.41, 5.74) is 3.98. The summed E-state index contributed by atoms with van der Waals surface area (Å²) < 4.78 is 1.02. The van der Waals surface area contributed by atoms with Crippen LogP contribution >= 0.6 is 15.9 Å². The van der Waals surface area contributed by atoms with E-state index in [1.165, 1.54) is 0 Å². The first-order valence-electron chi connectivity index (χ1n) is 7.07. The Labute approximate surface area is 131 Å². The number of hydrogen-bond donors (Lipinski definition) is 1. The third-order valence-electron chi connectivity index (χ3n) is 3.90. The van der Waals surface area contributed by atoms with Gasteiger partial charge in [-0.05, 0) is 30.5 Å². The highest BCUT2D eigenvalue weighted by atomic mass is 79.9. The maximum Gasteiger partial charge on any atom is 0.270 e. The smallest absolute Gasteiger partial charge is 0.270 e. The number of likely N-dealkylation sites (tertiary alicyclic amines) is 1. The second-order valence-electron chi connectivity index (χ2n) is 5.31. The van der Waals surface area contributed by atoms with Gasteiger partial charge in [-0.15, -0.1) is 0 Å². The Morgan fingerprint density at radius 1 is 1.38 bits per heavy atom. The quantitative estimate of drug-likeness (QED) is 0.890. The number of rotatable bonds is 2. The van der Waals surface area contributed by atoms with Crippen LogP contribution in [0.15, 0.2) is 33.8 Å². The molecule has 0 bridgehead atoms. The summed E-state index contributed by atoms with van der Waals surface area (Å²) in [5.74, 6) is -0.186. The monoisotopic (exact) mass is 349 g/mol. The van der Waals surface area contributed by atoms with Gasteiger partial charge >= 0.3 is 0 Å². The molecule has 110 valence electrons. The highest BCUT2D eigenvalue weighted by molar-refractivity contribution is 9.10. The molecule has 1 aromatic carbocycles. The SMILES string of the molecule is O=C1CCC(C(=O)N2CCCC2c2cccc(Br)c2)=NN1. The fraction of sp³-hybridized carbons (Fsp3) is 0.400. The molecule has 1 fully saturated rings. The average Bonchev–Trinajstić information content (AvgIpc) is 2.97. The van der Waals surface area contributed by atoms with Crippen molar-refractivity contribution in [3.8, 4) is 0 Å². The molecular formula is C15H16BrN3O2. The number of carbonyl (C=O) groups is 2. The summed E-state index contributed by atoms with van der Waals surface area (Å²) in [7, 11) is 0. The van der Waals surface area contributed by atoms with Crippen LogP contribution in [0.25, 0.3) is 0 Å². The van der Waals surface area contributed by atoms with Crippen LogP contribution in [-0.4, -0.2) is 29.0 Å². The Kier molecular flexibility index (Phi) is 4.05. The number of amides is 2.